The molecule has 2 atom stereocenters. The van der Waals surface area contributed by atoms with Crippen molar-refractivity contribution in [2.75, 3.05) is 37.2 Å². The zero-order valence-electron chi connectivity index (χ0n) is 33.4. The van der Waals surface area contributed by atoms with Crippen LogP contribution in [0.3, 0.4) is 0 Å². The molecule has 352 valence electrons. The molecule has 2 aromatic heterocycles. The van der Waals surface area contributed by atoms with Gasteiger partial charge < -0.3 is 36.9 Å². The summed E-state index contributed by atoms with van der Waals surface area (Å²) in [5, 5.41) is 41.6. The van der Waals surface area contributed by atoms with E-state index in [-0.39, 0.29) is 34.2 Å². The van der Waals surface area contributed by atoms with Gasteiger partial charge in [-0.25, -0.2) is 36.6 Å². The van der Waals surface area contributed by atoms with Crippen molar-refractivity contribution < 1.29 is 74.0 Å². The molecule has 3 aromatic carbocycles. The van der Waals surface area contributed by atoms with Gasteiger partial charge in [-0.05, 0) is 60.0 Å². The number of fused-ring (bicyclic) bond motifs is 1. The van der Waals surface area contributed by atoms with Crippen LogP contribution in [-0.4, -0.2) is 126 Å². The molecule has 11 N–H and O–H groups in total. The zero-order valence-corrected chi connectivity index (χ0v) is 35.8. The van der Waals surface area contributed by atoms with Gasteiger partial charge in [-0.3, -0.25) is 19.1 Å². The molecule has 0 fully saturated rings. The molecule has 29 heteroatoms. The van der Waals surface area contributed by atoms with Crippen LogP contribution in [-0.2, 0) is 50.3 Å². The number of benzene rings is 3. The number of aromatic amines is 1. The van der Waals surface area contributed by atoms with Gasteiger partial charge in [-0.2, -0.15) is 23.0 Å². The Morgan fingerprint density at radius 2 is 1.52 bits per heavy atom. The highest BCUT2D eigenvalue weighted by Gasteiger charge is 2.38. The van der Waals surface area contributed by atoms with Gasteiger partial charge in [-0.1, -0.05) is 29.3 Å². The van der Waals surface area contributed by atoms with Crippen LogP contribution in [0.15, 0.2) is 95.1 Å². The van der Waals surface area contributed by atoms with E-state index in [0.717, 1.165) is 11.9 Å². The normalized spacial score (nSPS) is 12.7. The molecule has 2 amide bonds. The Labute approximate surface area is 371 Å². The van der Waals surface area contributed by atoms with Crippen molar-refractivity contribution >= 4 is 72.7 Å². The Hall–Kier alpha value is -6.18. The van der Waals surface area contributed by atoms with Gasteiger partial charge in [0.15, 0.2) is 5.95 Å². The SMILES string of the molecule is N[C@@H](CSOOO)C(=O)NCCNS(=O)(=O)c1ccc(-c2ccc(S(=O)(=O)N[C@@H](CNC(=O)c3ccc4c(cnn4CCCNc4ncc[nH]4)c3)C(=O)O)cc2)cc1.O=C(O)C(F)(F)F. The van der Waals surface area contributed by atoms with Crippen LogP contribution < -0.4 is 31.1 Å². The minimum Gasteiger partial charge on any atom is -0.480 e. The number of amides is 2. The maximum absolute atomic E-state index is 13.2. The van der Waals surface area contributed by atoms with Crippen molar-refractivity contribution in [1.82, 2.24) is 39.8 Å². The molecular formula is C36H41F3N10O13S3. The summed E-state index contributed by atoms with van der Waals surface area (Å²) in [6.45, 7) is 0.525. The maximum atomic E-state index is 13.2. The first-order valence-corrected chi connectivity index (χ1v) is 22.4. The van der Waals surface area contributed by atoms with Crippen LogP contribution in [0.4, 0.5) is 19.1 Å². The van der Waals surface area contributed by atoms with E-state index in [4.69, 9.17) is 20.9 Å². The molecule has 0 spiro atoms. The molecule has 65 heavy (non-hydrogen) atoms. The second-order valence-electron chi connectivity index (χ2n) is 13.2. The van der Waals surface area contributed by atoms with Gasteiger partial charge in [0.05, 0.1) is 27.5 Å². The molecular weight excluding hydrogens is 934 g/mol. The van der Waals surface area contributed by atoms with Gasteiger partial charge in [0.1, 0.15) is 6.04 Å². The molecule has 5 rings (SSSR count). The fourth-order valence-corrected chi connectivity index (χ4v) is 7.99. The summed E-state index contributed by atoms with van der Waals surface area (Å²) in [5.41, 5.74) is 7.77. The summed E-state index contributed by atoms with van der Waals surface area (Å²) in [7, 11) is -8.32. The number of nitrogens with zero attached hydrogens (tertiary/aromatic N) is 3. The third kappa shape index (κ3) is 15.8. The van der Waals surface area contributed by atoms with E-state index in [1.54, 1.807) is 41.5 Å². The Morgan fingerprint density at radius 3 is 2.09 bits per heavy atom. The van der Waals surface area contributed by atoms with E-state index in [9.17, 15) is 49.5 Å². The molecule has 0 bridgehead atoms. The Balaban J connectivity index is 0.00000122. The number of imidazole rings is 1. The van der Waals surface area contributed by atoms with Gasteiger partial charge in [-0.15, -0.1) is 4.33 Å². The van der Waals surface area contributed by atoms with Gasteiger partial charge in [0, 0.05) is 73.9 Å². The number of aromatic nitrogens is 4. The predicted molar refractivity (Wildman–Crippen MR) is 225 cm³/mol. The maximum Gasteiger partial charge on any atom is 0.490 e. The van der Waals surface area contributed by atoms with Crippen LogP contribution in [0.1, 0.15) is 16.8 Å². The van der Waals surface area contributed by atoms with Gasteiger partial charge in [0.2, 0.25) is 26.0 Å². The number of rotatable bonds is 23. The highest BCUT2D eigenvalue weighted by Crippen LogP contribution is 2.24. The summed E-state index contributed by atoms with van der Waals surface area (Å²) in [4.78, 5) is 52.6. The number of anilines is 1. The van der Waals surface area contributed by atoms with E-state index >= 15 is 0 Å². The van der Waals surface area contributed by atoms with Crippen LogP contribution in [0.5, 0.6) is 0 Å². The standard InChI is InChI=1S/C34H40N10O11S3.C2HF3O2/c35-28(21-56-55-54-49)32(46)36-15-16-42-57(50,51)26-7-2-22(3-8-26)23-4-9-27(10-5-23)58(52,53)43-29(33(47)48)20-40-31(45)24-6-11-30-25(18-24)19-41-44(30)17-1-12-37-34-38-13-14-39-34;3-2(4,5)1(6)7/h2-11,13-14,18-19,28-29,42-43,49H,1,12,15-17,20-21,35H2,(H,36,46)(H,40,45)(H,47,48)(H2,37,38,39);(H,6,7)/t28-,29-;/m0./s1. The largest absolute Gasteiger partial charge is 0.490 e. The quantitative estimate of drug-likeness (QED) is 0.0192. The summed E-state index contributed by atoms with van der Waals surface area (Å²) in [6, 6.07) is 13.4. The molecule has 0 saturated heterocycles. The van der Waals surface area contributed by atoms with Crippen molar-refractivity contribution in [3.8, 4) is 11.1 Å². The van der Waals surface area contributed by atoms with Crippen LogP contribution in [0, 0.1) is 0 Å². The topological polar surface area (TPSA) is 348 Å². The van der Waals surface area contributed by atoms with E-state index in [0.29, 0.717) is 47.6 Å². The average Bonchev–Trinajstić information content (AvgIpc) is 3.95. The number of H-pyrrole nitrogens is 1. The molecule has 0 saturated carbocycles. The molecule has 0 aliphatic carbocycles. The highest BCUT2D eigenvalue weighted by atomic mass is 32.2. The zero-order chi connectivity index (χ0) is 47.8. The highest BCUT2D eigenvalue weighted by molar-refractivity contribution is 7.94. The summed E-state index contributed by atoms with van der Waals surface area (Å²) < 4.78 is 94.0. The Kier molecular flexibility index (Phi) is 18.7. The van der Waals surface area contributed by atoms with Crippen LogP contribution in [0.25, 0.3) is 22.0 Å². The molecule has 5 aromatic rings. The van der Waals surface area contributed by atoms with E-state index < -0.39 is 68.6 Å². The molecule has 0 unspecified atom stereocenters. The average molecular weight is 975 g/mol. The lowest BCUT2D eigenvalue weighted by molar-refractivity contribution is -0.432. The summed E-state index contributed by atoms with van der Waals surface area (Å²) in [6.07, 6.45) is 0.658. The van der Waals surface area contributed by atoms with Crippen LogP contribution >= 0.6 is 12.0 Å². The van der Waals surface area contributed by atoms with E-state index in [1.165, 1.54) is 48.5 Å². The molecule has 0 aliphatic rings. The number of aliphatic carboxylic acids is 2. The van der Waals surface area contributed by atoms with Gasteiger partial charge >= 0.3 is 18.1 Å². The summed E-state index contributed by atoms with van der Waals surface area (Å²) in [5.74, 6) is -4.81. The second kappa shape index (κ2) is 23.7. The molecule has 0 radical (unpaired) electrons. The van der Waals surface area contributed by atoms with Crippen molar-refractivity contribution in [3.63, 3.8) is 0 Å². The van der Waals surface area contributed by atoms with Gasteiger partial charge in [0.25, 0.3) is 5.91 Å². The first kappa shape index (κ1) is 51.5. The third-order valence-electron chi connectivity index (χ3n) is 8.59. The first-order chi connectivity index (χ1) is 30.7. The number of carbonyl (C=O) groups is 4. The Morgan fingerprint density at radius 1 is 0.892 bits per heavy atom. The lowest BCUT2D eigenvalue weighted by atomic mass is 10.1. The number of nitrogens with two attached hydrogens (primary N) is 1. The molecule has 23 nitrogen and oxygen atoms in total. The number of carbonyl (C=O) groups excluding carboxylic acids is 2. The van der Waals surface area contributed by atoms with E-state index in [2.05, 4.69) is 49.8 Å². The number of alkyl halides is 3. The van der Waals surface area contributed by atoms with E-state index in [1.807, 2.05) is 0 Å². The lowest BCUT2D eigenvalue weighted by Crippen LogP contribution is -2.48. The van der Waals surface area contributed by atoms with Crippen molar-refractivity contribution in [2.24, 2.45) is 5.73 Å². The number of hydrogen-bond donors (Lipinski definition) is 10. The number of carboxylic acid groups (broad SMARTS) is 2. The van der Waals surface area contributed by atoms with Crippen molar-refractivity contribution in [1.29, 1.82) is 0 Å². The fraction of sp³-hybridized carbons (Fsp3) is 0.278. The smallest absolute Gasteiger partial charge is 0.480 e. The number of halogens is 3. The van der Waals surface area contributed by atoms with Crippen molar-refractivity contribution in [3.05, 3.63) is 90.9 Å². The minimum atomic E-state index is -5.08. The monoisotopic (exact) mass is 974 g/mol. The minimum absolute atomic E-state index is 0.0331. The number of nitrogens with one attached hydrogen (secondary N) is 6. The number of sulfonamides is 2. The number of hydrogen-bond acceptors (Lipinski definition) is 16. The lowest BCUT2D eigenvalue weighted by Gasteiger charge is -2.16. The third-order valence-corrected chi connectivity index (χ3v) is 12.2. The first-order valence-electron chi connectivity index (χ1n) is 18.6. The molecule has 2 heterocycles. The Bertz CT molecular complexity index is 2600. The molecule has 0 aliphatic heterocycles. The number of carboxylic acids is 2. The predicted octanol–water partition coefficient (Wildman–Crippen LogP) is 1.51. The second-order valence-corrected chi connectivity index (χ2v) is 17.3. The van der Waals surface area contributed by atoms with Crippen LogP contribution in [0.2, 0.25) is 0 Å². The fourth-order valence-electron chi connectivity index (χ4n) is 5.37. The number of aryl methyl sites for hydroxylation is 1. The van der Waals surface area contributed by atoms with Crippen molar-refractivity contribution in [2.45, 2.75) is 41.0 Å². The summed E-state index contributed by atoms with van der Waals surface area (Å²) >= 11 is 0.604.